The maximum absolute atomic E-state index is 15.3. The number of hydrogen-bond donors (Lipinski definition) is 3. The van der Waals surface area contributed by atoms with E-state index in [1.54, 1.807) is 35.9 Å². The zero-order valence-electron chi connectivity index (χ0n) is 32.2. The molecule has 2 fully saturated rings. The van der Waals surface area contributed by atoms with Crippen molar-refractivity contribution in [1.82, 2.24) is 20.4 Å². The Hall–Kier alpha value is -3.42. The molecule has 0 unspecified atom stereocenters. The van der Waals surface area contributed by atoms with Crippen LogP contribution < -0.4 is 10.6 Å². The van der Waals surface area contributed by atoms with Gasteiger partial charge in [-0.25, -0.2) is 9.18 Å². The van der Waals surface area contributed by atoms with Crippen LogP contribution in [-0.2, 0) is 39.9 Å². The van der Waals surface area contributed by atoms with Crippen molar-refractivity contribution in [3.05, 3.63) is 35.9 Å². The molecule has 13 heteroatoms. The highest BCUT2D eigenvalue weighted by Crippen LogP contribution is 2.32. The second-order valence-electron chi connectivity index (χ2n) is 15.0. The van der Waals surface area contributed by atoms with Crippen LogP contribution in [0.25, 0.3) is 0 Å². The third-order valence-corrected chi connectivity index (χ3v) is 11.3. The second kappa shape index (κ2) is 19.6. The Morgan fingerprint density at radius 3 is 2.29 bits per heavy atom. The minimum atomic E-state index is -1.98. The van der Waals surface area contributed by atoms with Crippen LogP contribution in [0.4, 0.5) is 4.39 Å². The largest absolute Gasteiger partial charge is 0.480 e. The van der Waals surface area contributed by atoms with Crippen LogP contribution in [0.2, 0.25) is 0 Å². The number of carbonyl (C=O) groups excluding carboxylic acids is 4. The summed E-state index contributed by atoms with van der Waals surface area (Å²) in [5.41, 5.74) is -1.20. The van der Waals surface area contributed by atoms with Gasteiger partial charge in [-0.05, 0) is 36.8 Å². The predicted molar refractivity (Wildman–Crippen MR) is 195 cm³/mol. The van der Waals surface area contributed by atoms with Crippen LogP contribution in [0.1, 0.15) is 78.7 Å². The van der Waals surface area contributed by atoms with Crippen molar-refractivity contribution in [2.45, 2.75) is 116 Å². The molecule has 2 aliphatic heterocycles. The van der Waals surface area contributed by atoms with Crippen molar-refractivity contribution in [2.24, 2.45) is 23.7 Å². The number of alkyl halides is 1. The molecule has 0 aliphatic carbocycles. The van der Waals surface area contributed by atoms with Crippen molar-refractivity contribution in [3.63, 3.8) is 0 Å². The molecule has 0 radical (unpaired) electrons. The van der Waals surface area contributed by atoms with E-state index in [1.807, 2.05) is 45.9 Å². The number of halogens is 1. The van der Waals surface area contributed by atoms with Crippen molar-refractivity contribution in [2.75, 3.05) is 40.9 Å². The first kappa shape index (κ1) is 43.0. The van der Waals surface area contributed by atoms with Crippen LogP contribution in [0, 0.1) is 23.7 Å². The fourth-order valence-electron chi connectivity index (χ4n) is 7.81. The molecule has 1 aromatic rings. The van der Waals surface area contributed by atoms with E-state index in [4.69, 9.17) is 9.47 Å². The normalized spacial score (nSPS) is 23.0. The van der Waals surface area contributed by atoms with Gasteiger partial charge in [0.25, 0.3) is 0 Å². The molecule has 12 nitrogen and oxygen atoms in total. The highest BCUT2D eigenvalue weighted by atomic mass is 19.1. The first-order valence-electron chi connectivity index (χ1n) is 18.7. The van der Waals surface area contributed by atoms with E-state index < -0.39 is 65.5 Å². The number of Topliss-reactive ketones (excluding diaryl/α,β-unsaturated/α-hetero) is 1. The molecule has 0 spiro atoms. The first-order valence-corrected chi connectivity index (χ1v) is 18.7. The van der Waals surface area contributed by atoms with Gasteiger partial charge in [0, 0.05) is 59.5 Å². The van der Waals surface area contributed by atoms with Gasteiger partial charge in [0.05, 0.1) is 36.6 Å². The molecule has 2 saturated heterocycles. The average Bonchev–Trinajstić information content (AvgIpc) is 3.80. The van der Waals surface area contributed by atoms with Crippen LogP contribution in [-0.4, -0.2) is 121 Å². The number of hydrogen-bond acceptors (Lipinski definition) is 8. The summed E-state index contributed by atoms with van der Waals surface area (Å²) in [5.74, 6) is -4.51. The number of carboxylic acid groups (broad SMARTS) is 1. The Balaban J connectivity index is 1.76. The minimum Gasteiger partial charge on any atom is -0.480 e. The van der Waals surface area contributed by atoms with Crippen molar-refractivity contribution in [3.8, 4) is 0 Å². The number of rotatable bonds is 20. The molecule has 1 aromatic carbocycles. The molecule has 0 aromatic heterocycles. The van der Waals surface area contributed by atoms with E-state index in [1.165, 1.54) is 14.2 Å². The van der Waals surface area contributed by atoms with Crippen LogP contribution in [0.3, 0.4) is 0 Å². The van der Waals surface area contributed by atoms with Gasteiger partial charge >= 0.3 is 5.97 Å². The lowest BCUT2D eigenvalue weighted by Gasteiger charge is -2.41. The van der Waals surface area contributed by atoms with Crippen molar-refractivity contribution in [1.29, 1.82) is 0 Å². The summed E-state index contributed by atoms with van der Waals surface area (Å²) in [7, 11) is 4.66. The Bertz CT molecular complexity index is 1360. The number of ether oxygens (including phenoxy) is 2. The summed E-state index contributed by atoms with van der Waals surface area (Å²) >= 11 is 0. The van der Waals surface area contributed by atoms with Gasteiger partial charge in [0.15, 0.2) is 11.5 Å². The van der Waals surface area contributed by atoms with Gasteiger partial charge in [-0.2, -0.15) is 0 Å². The smallest absolute Gasteiger partial charge is 0.326 e. The zero-order valence-corrected chi connectivity index (χ0v) is 32.2. The molecular weight excluding hydrogens is 671 g/mol. The number of nitrogens with one attached hydrogen (secondary N) is 2. The van der Waals surface area contributed by atoms with E-state index in [0.717, 1.165) is 5.56 Å². The molecule has 3 amide bonds. The average molecular weight is 733 g/mol. The van der Waals surface area contributed by atoms with Crippen molar-refractivity contribution >= 4 is 29.5 Å². The van der Waals surface area contributed by atoms with Crippen LogP contribution in [0.15, 0.2) is 30.3 Å². The quantitative estimate of drug-likeness (QED) is 0.182. The molecule has 0 saturated carbocycles. The van der Waals surface area contributed by atoms with E-state index in [0.29, 0.717) is 32.4 Å². The Morgan fingerprint density at radius 1 is 1.08 bits per heavy atom. The number of ketones is 1. The molecule has 2 aliphatic rings. The summed E-state index contributed by atoms with van der Waals surface area (Å²) in [4.78, 5) is 70.1. The summed E-state index contributed by atoms with van der Waals surface area (Å²) < 4.78 is 27.1. The summed E-state index contributed by atoms with van der Waals surface area (Å²) in [6.45, 7) is 10.2. The lowest BCUT2D eigenvalue weighted by Crippen LogP contribution is -2.55. The summed E-state index contributed by atoms with van der Waals surface area (Å²) in [6.07, 6.45) is 0.539. The molecule has 9 atom stereocenters. The third kappa shape index (κ3) is 10.6. The number of methoxy groups -OCH3 is 2. The van der Waals surface area contributed by atoms with E-state index >= 15 is 4.39 Å². The fourth-order valence-corrected chi connectivity index (χ4v) is 7.81. The number of amides is 3. The van der Waals surface area contributed by atoms with Gasteiger partial charge in [0.1, 0.15) is 6.04 Å². The first-order chi connectivity index (χ1) is 24.6. The van der Waals surface area contributed by atoms with E-state index in [-0.39, 0.29) is 55.9 Å². The van der Waals surface area contributed by atoms with Gasteiger partial charge < -0.3 is 35.0 Å². The number of carbonyl (C=O) groups is 5. The highest BCUT2D eigenvalue weighted by Gasteiger charge is 2.46. The maximum atomic E-state index is 15.3. The Labute approximate surface area is 308 Å². The molecular formula is C39H61FN4O8. The van der Waals surface area contributed by atoms with Gasteiger partial charge in [-0.1, -0.05) is 71.4 Å². The SMILES string of the molecule is CC[C@H](C)[C@@H]([C@@H](CC(=O)N1CCC[C@H]1[C@H](OC)[C@@H](C)C(=O)N[C@@H](Cc1ccccc1)C(=O)O)OC)N(C)C(=O)[C@@H](CC(=O)[C@]1(F)CCNC1)C(C)C. The van der Waals surface area contributed by atoms with Gasteiger partial charge in [-0.15, -0.1) is 0 Å². The maximum Gasteiger partial charge on any atom is 0.326 e. The third-order valence-electron chi connectivity index (χ3n) is 11.3. The Morgan fingerprint density at radius 2 is 1.75 bits per heavy atom. The molecule has 3 rings (SSSR count). The Kier molecular flexibility index (Phi) is 16.2. The fraction of sp³-hybridized carbons (Fsp3) is 0.718. The number of benzene rings is 1. The molecule has 292 valence electrons. The topological polar surface area (TPSA) is 155 Å². The molecule has 52 heavy (non-hydrogen) atoms. The van der Waals surface area contributed by atoms with Crippen LogP contribution >= 0.6 is 0 Å². The number of likely N-dealkylation sites (N-methyl/N-ethyl adjacent to an activating group) is 1. The highest BCUT2D eigenvalue weighted by molar-refractivity contribution is 5.92. The number of likely N-dealkylation sites (tertiary alicyclic amines) is 1. The molecule has 2 heterocycles. The zero-order chi connectivity index (χ0) is 38.7. The number of aliphatic carboxylic acids is 1. The summed E-state index contributed by atoms with van der Waals surface area (Å²) in [6, 6.07) is 6.96. The van der Waals surface area contributed by atoms with Crippen molar-refractivity contribution < 1.29 is 42.9 Å². The molecule has 3 N–H and O–H groups in total. The monoisotopic (exact) mass is 732 g/mol. The molecule has 0 bridgehead atoms. The number of nitrogens with zero attached hydrogens (tertiary/aromatic N) is 2. The van der Waals surface area contributed by atoms with E-state index in [9.17, 15) is 29.1 Å². The number of carboxylic acids is 1. The minimum absolute atomic E-state index is 0.0423. The van der Waals surface area contributed by atoms with Crippen LogP contribution in [0.5, 0.6) is 0 Å². The van der Waals surface area contributed by atoms with Gasteiger partial charge in [-0.3, -0.25) is 19.2 Å². The van der Waals surface area contributed by atoms with Gasteiger partial charge in [0.2, 0.25) is 17.7 Å². The lowest BCUT2D eigenvalue weighted by atomic mass is 9.83. The standard InChI is InChI=1S/C39H61FN4O8/c1-9-25(4)34(43(6)37(48)28(24(2)3)21-32(45)39(40)17-18-41-23-39)31(51-7)22-33(46)44-19-13-16-30(44)35(52-8)26(5)36(47)42-29(38(49)50)20-27-14-11-10-12-15-27/h10-12,14-15,24-26,28-31,34-35,41H,9,13,16-23H2,1-8H3,(H,42,47)(H,49,50)/t25-,26+,28-,29-,30-,31+,34-,35+,39-/m0/s1. The van der Waals surface area contributed by atoms with E-state index in [2.05, 4.69) is 10.6 Å². The summed E-state index contributed by atoms with van der Waals surface area (Å²) in [5, 5.41) is 15.4. The lowest BCUT2D eigenvalue weighted by molar-refractivity contribution is -0.150. The predicted octanol–water partition coefficient (Wildman–Crippen LogP) is 3.65. The second-order valence-corrected chi connectivity index (χ2v) is 15.0.